The summed E-state index contributed by atoms with van der Waals surface area (Å²) < 4.78 is 19.6. The van der Waals surface area contributed by atoms with Crippen molar-refractivity contribution < 1.29 is 33.6 Å². The molecule has 2 rings (SSSR count). The maximum atomic E-state index is 12.1. The lowest BCUT2D eigenvalue weighted by Crippen LogP contribution is -2.09. The topological polar surface area (TPSA) is 91.3 Å². The standard InChI is InChI=1S/C15H14O7/c1-19-9-6-4-8(5-7-9)10(14(17)21-3)12-13(20-2)11(16)15(18)22-12/h4-7,16H,1-3H3/b12-10-. The van der Waals surface area contributed by atoms with Crippen molar-refractivity contribution in [3.63, 3.8) is 0 Å². The van der Waals surface area contributed by atoms with Gasteiger partial charge < -0.3 is 24.1 Å². The van der Waals surface area contributed by atoms with Gasteiger partial charge >= 0.3 is 11.9 Å². The highest BCUT2D eigenvalue weighted by atomic mass is 16.6. The van der Waals surface area contributed by atoms with Gasteiger partial charge in [0.1, 0.15) is 11.3 Å². The van der Waals surface area contributed by atoms with E-state index in [2.05, 4.69) is 0 Å². The fourth-order valence-electron chi connectivity index (χ4n) is 1.94. The molecule has 1 N–H and O–H groups in total. The van der Waals surface area contributed by atoms with Crippen molar-refractivity contribution in [2.75, 3.05) is 21.3 Å². The van der Waals surface area contributed by atoms with Crippen LogP contribution in [0, 0.1) is 0 Å². The molecule has 7 nitrogen and oxygen atoms in total. The molecular weight excluding hydrogens is 292 g/mol. The van der Waals surface area contributed by atoms with E-state index in [1.807, 2.05) is 0 Å². The lowest BCUT2D eigenvalue weighted by atomic mass is 10.0. The molecule has 0 unspecified atom stereocenters. The van der Waals surface area contributed by atoms with E-state index in [1.165, 1.54) is 21.3 Å². The number of rotatable bonds is 4. The molecule has 0 spiro atoms. The van der Waals surface area contributed by atoms with Crippen LogP contribution in [0.25, 0.3) is 5.57 Å². The van der Waals surface area contributed by atoms with Gasteiger partial charge in [-0.3, -0.25) is 0 Å². The summed E-state index contributed by atoms with van der Waals surface area (Å²) >= 11 is 0. The van der Waals surface area contributed by atoms with Crippen LogP contribution in [-0.2, 0) is 23.8 Å². The largest absolute Gasteiger partial charge is 0.499 e. The van der Waals surface area contributed by atoms with Gasteiger partial charge in [0.15, 0.2) is 5.76 Å². The van der Waals surface area contributed by atoms with E-state index in [1.54, 1.807) is 24.3 Å². The van der Waals surface area contributed by atoms with Crippen LogP contribution in [0.5, 0.6) is 5.75 Å². The Bertz CT molecular complexity index is 668. The molecule has 0 aliphatic carbocycles. The maximum Gasteiger partial charge on any atom is 0.383 e. The Morgan fingerprint density at radius 2 is 1.73 bits per heavy atom. The van der Waals surface area contributed by atoms with Gasteiger partial charge in [-0.15, -0.1) is 0 Å². The summed E-state index contributed by atoms with van der Waals surface area (Å²) in [6.45, 7) is 0. The molecular formula is C15H14O7. The minimum atomic E-state index is -0.998. The van der Waals surface area contributed by atoms with Crippen LogP contribution in [0.3, 0.4) is 0 Å². The lowest BCUT2D eigenvalue weighted by molar-refractivity contribution is -0.136. The van der Waals surface area contributed by atoms with Gasteiger partial charge in [0.25, 0.3) is 0 Å². The Morgan fingerprint density at radius 3 is 2.23 bits per heavy atom. The third-order valence-corrected chi connectivity index (χ3v) is 3.01. The molecule has 0 saturated heterocycles. The van der Waals surface area contributed by atoms with E-state index in [4.69, 9.17) is 18.9 Å². The number of hydrogen-bond donors (Lipinski definition) is 1. The van der Waals surface area contributed by atoms with E-state index >= 15 is 0 Å². The van der Waals surface area contributed by atoms with Crippen LogP contribution >= 0.6 is 0 Å². The molecule has 1 aromatic carbocycles. The van der Waals surface area contributed by atoms with Crippen molar-refractivity contribution in [3.8, 4) is 5.75 Å². The van der Waals surface area contributed by atoms with Crippen molar-refractivity contribution in [2.45, 2.75) is 0 Å². The number of hydrogen-bond acceptors (Lipinski definition) is 7. The number of aliphatic hydroxyl groups excluding tert-OH is 1. The Kier molecular flexibility index (Phi) is 4.36. The quantitative estimate of drug-likeness (QED) is 0.666. The molecule has 1 aliphatic rings. The average molecular weight is 306 g/mol. The molecule has 1 aromatic rings. The van der Waals surface area contributed by atoms with E-state index < -0.39 is 17.7 Å². The number of methoxy groups -OCH3 is 3. The van der Waals surface area contributed by atoms with Crippen molar-refractivity contribution in [1.29, 1.82) is 0 Å². The van der Waals surface area contributed by atoms with Crippen molar-refractivity contribution in [2.24, 2.45) is 0 Å². The Balaban J connectivity index is 2.62. The first kappa shape index (κ1) is 15.4. The predicted octanol–water partition coefficient (Wildman–Crippen LogP) is 1.55. The summed E-state index contributed by atoms with van der Waals surface area (Å²) in [4.78, 5) is 23.6. The molecule has 0 aromatic heterocycles. The highest BCUT2D eigenvalue weighted by Crippen LogP contribution is 2.33. The van der Waals surface area contributed by atoms with Gasteiger partial charge in [0, 0.05) is 0 Å². The highest BCUT2D eigenvalue weighted by Gasteiger charge is 2.36. The second kappa shape index (κ2) is 6.21. The summed E-state index contributed by atoms with van der Waals surface area (Å²) in [5, 5.41) is 9.63. The second-order valence-electron chi connectivity index (χ2n) is 4.20. The van der Waals surface area contributed by atoms with E-state index in [0.717, 1.165) is 0 Å². The van der Waals surface area contributed by atoms with E-state index in [9.17, 15) is 14.7 Å². The minimum absolute atomic E-state index is 0.0422. The van der Waals surface area contributed by atoms with Gasteiger partial charge in [-0.1, -0.05) is 12.1 Å². The van der Waals surface area contributed by atoms with Crippen molar-refractivity contribution in [3.05, 3.63) is 47.1 Å². The maximum absolute atomic E-state index is 12.1. The molecule has 0 bridgehead atoms. The molecule has 1 aliphatic heterocycles. The third-order valence-electron chi connectivity index (χ3n) is 3.01. The zero-order valence-corrected chi connectivity index (χ0v) is 12.2. The zero-order valence-electron chi connectivity index (χ0n) is 12.2. The summed E-state index contributed by atoms with van der Waals surface area (Å²) in [7, 11) is 3.95. The van der Waals surface area contributed by atoms with Crippen LogP contribution < -0.4 is 4.74 Å². The first-order valence-electron chi connectivity index (χ1n) is 6.20. The first-order chi connectivity index (χ1) is 10.5. The molecule has 0 saturated carbocycles. The summed E-state index contributed by atoms with van der Waals surface area (Å²) in [6.07, 6.45) is 0. The fourth-order valence-corrected chi connectivity index (χ4v) is 1.94. The van der Waals surface area contributed by atoms with Crippen molar-refractivity contribution >= 4 is 17.5 Å². The third kappa shape index (κ3) is 2.60. The van der Waals surface area contributed by atoms with Gasteiger partial charge in [-0.05, 0) is 17.7 Å². The molecule has 22 heavy (non-hydrogen) atoms. The summed E-state index contributed by atoms with van der Waals surface area (Å²) in [5.41, 5.74) is 0.374. The SMILES string of the molecule is COC(=O)/C(=C1\OC(=O)C(O)=C1OC)c1ccc(OC)cc1. The van der Waals surface area contributed by atoms with Gasteiger partial charge in [-0.2, -0.15) is 0 Å². The second-order valence-corrected chi connectivity index (χ2v) is 4.20. The van der Waals surface area contributed by atoms with Crippen LogP contribution in [0.2, 0.25) is 0 Å². The fraction of sp³-hybridized carbons (Fsp3) is 0.200. The number of benzene rings is 1. The normalized spacial score (nSPS) is 16.2. The molecule has 0 fully saturated rings. The van der Waals surface area contributed by atoms with Crippen LogP contribution in [0.4, 0.5) is 0 Å². The number of aliphatic hydroxyl groups is 1. The van der Waals surface area contributed by atoms with Crippen LogP contribution in [-0.4, -0.2) is 38.4 Å². The average Bonchev–Trinajstić information content (AvgIpc) is 2.82. The summed E-state index contributed by atoms with van der Waals surface area (Å²) in [5.74, 6) is -2.26. The Labute approximate surface area is 126 Å². The van der Waals surface area contributed by atoms with Gasteiger partial charge in [-0.25, -0.2) is 9.59 Å². The van der Waals surface area contributed by atoms with E-state index in [-0.39, 0.29) is 17.1 Å². The highest BCUT2D eigenvalue weighted by molar-refractivity contribution is 6.19. The van der Waals surface area contributed by atoms with Gasteiger partial charge in [0.05, 0.1) is 21.3 Å². The van der Waals surface area contributed by atoms with Crippen molar-refractivity contribution in [1.82, 2.24) is 0 Å². The lowest BCUT2D eigenvalue weighted by Gasteiger charge is -2.11. The smallest absolute Gasteiger partial charge is 0.383 e. The monoisotopic (exact) mass is 306 g/mol. The molecule has 0 amide bonds. The van der Waals surface area contributed by atoms with Crippen LogP contribution in [0.15, 0.2) is 41.5 Å². The molecule has 1 heterocycles. The zero-order chi connectivity index (χ0) is 16.3. The van der Waals surface area contributed by atoms with Crippen LogP contribution in [0.1, 0.15) is 5.56 Å². The number of carbonyl (C=O) groups is 2. The first-order valence-corrected chi connectivity index (χ1v) is 6.20. The number of ether oxygens (including phenoxy) is 4. The minimum Gasteiger partial charge on any atom is -0.499 e. The predicted molar refractivity (Wildman–Crippen MR) is 74.7 cm³/mol. The molecule has 0 radical (unpaired) electrons. The Morgan fingerprint density at radius 1 is 1.09 bits per heavy atom. The number of cyclic esters (lactones) is 1. The molecule has 116 valence electrons. The number of esters is 2. The van der Waals surface area contributed by atoms with E-state index in [0.29, 0.717) is 11.3 Å². The number of carbonyl (C=O) groups excluding carboxylic acids is 2. The molecule has 7 heteroatoms. The molecule has 0 atom stereocenters. The Hall–Kier alpha value is -2.96. The van der Waals surface area contributed by atoms with Gasteiger partial charge in [0.2, 0.25) is 11.5 Å². The summed E-state index contributed by atoms with van der Waals surface area (Å²) in [6, 6.07) is 6.44.